The highest BCUT2D eigenvalue weighted by Crippen LogP contribution is 2.22. The lowest BCUT2D eigenvalue weighted by molar-refractivity contribution is -0.311. The predicted octanol–water partition coefficient (Wildman–Crippen LogP) is 1.16. The standard InChI is InChI=1S/C19H20N6O2S/c1-11-15-10-14(27-3)7-8-16(15)23-18(21-11)24-17(20)25-19(28)22-12-5-4-6-13(9-12)26-2/h4-10H,1-3H3,(H4,20,21,22,23,24,25,28)/p+1. The number of aryl methyl sites for hydroxylation is 1. The average molecular weight is 397 g/mol. The van der Waals surface area contributed by atoms with Crippen molar-refractivity contribution in [3.63, 3.8) is 0 Å². The molecule has 0 amide bonds. The third kappa shape index (κ3) is 4.63. The molecular formula is C19H21N6O2S+. The summed E-state index contributed by atoms with van der Waals surface area (Å²) in [5.74, 6) is 2.04. The van der Waals surface area contributed by atoms with E-state index in [0.717, 1.165) is 33.8 Å². The minimum atomic E-state index is 0.202. The van der Waals surface area contributed by atoms with E-state index in [-0.39, 0.29) is 5.96 Å². The average Bonchev–Trinajstić information content (AvgIpc) is 2.67. The van der Waals surface area contributed by atoms with Crippen molar-refractivity contribution in [1.29, 1.82) is 0 Å². The first-order valence-electron chi connectivity index (χ1n) is 8.42. The molecule has 144 valence electrons. The van der Waals surface area contributed by atoms with Gasteiger partial charge in [0.2, 0.25) is 0 Å². The molecule has 2 aromatic carbocycles. The van der Waals surface area contributed by atoms with E-state index in [9.17, 15) is 0 Å². The van der Waals surface area contributed by atoms with Crippen LogP contribution < -0.4 is 30.8 Å². The van der Waals surface area contributed by atoms with Gasteiger partial charge in [-0.2, -0.15) is 0 Å². The molecule has 0 saturated carbocycles. The summed E-state index contributed by atoms with van der Waals surface area (Å²) in [5, 5.41) is 7.18. The van der Waals surface area contributed by atoms with Crippen LogP contribution in [0.4, 0.5) is 11.6 Å². The Morgan fingerprint density at radius 1 is 1.04 bits per heavy atom. The van der Waals surface area contributed by atoms with Gasteiger partial charge < -0.3 is 15.2 Å². The van der Waals surface area contributed by atoms with Crippen molar-refractivity contribution >= 4 is 45.8 Å². The van der Waals surface area contributed by atoms with Crippen LogP contribution in [0.1, 0.15) is 5.69 Å². The molecule has 0 fully saturated rings. The Morgan fingerprint density at radius 2 is 1.79 bits per heavy atom. The van der Waals surface area contributed by atoms with Gasteiger partial charge in [0.15, 0.2) is 0 Å². The highest BCUT2D eigenvalue weighted by Gasteiger charge is 2.10. The smallest absolute Gasteiger partial charge is 0.312 e. The van der Waals surface area contributed by atoms with Crippen LogP contribution in [-0.4, -0.2) is 35.3 Å². The van der Waals surface area contributed by atoms with Gasteiger partial charge in [-0.15, -0.1) is 0 Å². The van der Waals surface area contributed by atoms with Gasteiger partial charge >= 0.3 is 5.96 Å². The molecule has 5 N–H and O–H groups in total. The summed E-state index contributed by atoms with van der Waals surface area (Å²) >= 11 is 5.28. The fraction of sp³-hybridized carbons (Fsp3) is 0.158. The maximum absolute atomic E-state index is 6.00. The number of nitrogens with zero attached hydrogens (tertiary/aromatic N) is 2. The van der Waals surface area contributed by atoms with E-state index in [1.807, 2.05) is 49.4 Å². The molecule has 3 rings (SSSR count). The third-order valence-corrected chi connectivity index (χ3v) is 4.12. The van der Waals surface area contributed by atoms with Crippen LogP contribution in [0.2, 0.25) is 0 Å². The van der Waals surface area contributed by atoms with Gasteiger partial charge in [0, 0.05) is 11.5 Å². The largest absolute Gasteiger partial charge is 0.497 e. The van der Waals surface area contributed by atoms with Crippen LogP contribution in [-0.2, 0) is 0 Å². The minimum Gasteiger partial charge on any atom is -0.497 e. The number of anilines is 2. The first-order valence-corrected chi connectivity index (χ1v) is 8.83. The maximum atomic E-state index is 6.00. The molecule has 1 heterocycles. The summed E-state index contributed by atoms with van der Waals surface area (Å²) in [6.07, 6.45) is 0. The van der Waals surface area contributed by atoms with Crippen molar-refractivity contribution in [2.75, 3.05) is 24.9 Å². The van der Waals surface area contributed by atoms with E-state index in [0.29, 0.717) is 11.1 Å². The lowest BCUT2D eigenvalue weighted by atomic mass is 10.2. The summed E-state index contributed by atoms with van der Waals surface area (Å²) in [5.41, 5.74) is 8.35. The van der Waals surface area contributed by atoms with Crippen LogP contribution in [0.25, 0.3) is 10.9 Å². The highest BCUT2D eigenvalue weighted by atomic mass is 32.1. The number of aromatic nitrogens is 2. The van der Waals surface area contributed by atoms with Crippen molar-refractivity contribution in [2.24, 2.45) is 5.73 Å². The summed E-state index contributed by atoms with van der Waals surface area (Å²) in [7, 11) is 3.23. The lowest BCUT2D eigenvalue weighted by Crippen LogP contribution is -2.82. The normalized spacial score (nSPS) is 11.2. The van der Waals surface area contributed by atoms with Gasteiger partial charge in [0.05, 0.1) is 31.1 Å². The van der Waals surface area contributed by atoms with E-state index in [1.165, 1.54) is 0 Å². The Balaban J connectivity index is 1.74. The number of thiocarbonyl (C=S) groups is 1. The maximum Gasteiger partial charge on any atom is 0.312 e. The predicted molar refractivity (Wildman–Crippen MR) is 114 cm³/mol. The molecule has 0 aliphatic heterocycles. The van der Waals surface area contributed by atoms with Gasteiger partial charge in [-0.25, -0.2) is 20.3 Å². The van der Waals surface area contributed by atoms with Gasteiger partial charge in [-0.1, -0.05) is 6.07 Å². The Morgan fingerprint density at radius 3 is 2.54 bits per heavy atom. The molecule has 1 aromatic heterocycles. The Labute approximate surface area is 167 Å². The Hall–Kier alpha value is -3.46. The number of rotatable bonds is 4. The quantitative estimate of drug-likeness (QED) is 0.295. The molecule has 0 spiro atoms. The summed E-state index contributed by atoms with van der Waals surface area (Å²) in [4.78, 5) is 11.8. The van der Waals surface area contributed by atoms with Crippen LogP contribution >= 0.6 is 12.2 Å². The monoisotopic (exact) mass is 397 g/mol. The molecule has 0 unspecified atom stereocenters. The Bertz CT molecular complexity index is 1050. The van der Waals surface area contributed by atoms with Crippen molar-refractivity contribution in [3.8, 4) is 11.5 Å². The van der Waals surface area contributed by atoms with Gasteiger partial charge in [-0.05, 0) is 49.5 Å². The number of methoxy groups -OCH3 is 2. The number of benzene rings is 2. The third-order valence-electron chi connectivity index (χ3n) is 3.92. The minimum absolute atomic E-state index is 0.202. The highest BCUT2D eigenvalue weighted by molar-refractivity contribution is 7.80. The zero-order valence-corrected chi connectivity index (χ0v) is 16.6. The second-order valence-electron chi connectivity index (χ2n) is 5.87. The van der Waals surface area contributed by atoms with Gasteiger partial charge in [-0.3, -0.25) is 5.32 Å². The number of ether oxygens (including phenoxy) is 2. The number of nitrogens with one attached hydrogen (secondary N) is 3. The van der Waals surface area contributed by atoms with E-state index in [1.54, 1.807) is 14.2 Å². The molecule has 0 atom stereocenters. The SMILES string of the molecule is COc1cccc(NC(=S)[NH+]=C(N)Nc2nc(C)c3cc(OC)ccc3n2)c1. The van der Waals surface area contributed by atoms with Crippen molar-refractivity contribution < 1.29 is 14.5 Å². The molecule has 0 aliphatic carbocycles. The van der Waals surface area contributed by atoms with E-state index < -0.39 is 0 Å². The topological polar surface area (TPSA) is 108 Å². The first-order chi connectivity index (χ1) is 13.5. The molecular weight excluding hydrogens is 376 g/mol. The molecule has 0 radical (unpaired) electrons. The number of hydrogen-bond donors (Lipinski definition) is 4. The molecule has 28 heavy (non-hydrogen) atoms. The van der Waals surface area contributed by atoms with E-state index in [4.69, 9.17) is 27.4 Å². The molecule has 0 saturated heterocycles. The van der Waals surface area contributed by atoms with Crippen LogP contribution in [0.3, 0.4) is 0 Å². The molecule has 9 heteroatoms. The second-order valence-corrected chi connectivity index (χ2v) is 6.27. The summed E-state index contributed by atoms with van der Waals surface area (Å²) in [6.45, 7) is 1.90. The molecule has 0 bridgehead atoms. The molecule has 3 aromatic rings. The van der Waals surface area contributed by atoms with Gasteiger partial charge in [0.25, 0.3) is 11.1 Å². The summed E-state index contributed by atoms with van der Waals surface area (Å²) in [6, 6.07) is 13.0. The van der Waals surface area contributed by atoms with E-state index in [2.05, 4.69) is 25.6 Å². The number of fused-ring (bicyclic) bond motifs is 1. The Kier molecular flexibility index (Phi) is 5.85. The van der Waals surface area contributed by atoms with Crippen molar-refractivity contribution in [1.82, 2.24) is 9.97 Å². The number of nitrogens with two attached hydrogens (primary N) is 1. The second kappa shape index (κ2) is 8.49. The zero-order valence-electron chi connectivity index (χ0n) is 15.7. The van der Waals surface area contributed by atoms with Crippen LogP contribution in [0.15, 0.2) is 42.5 Å². The number of hydrogen-bond acceptors (Lipinski definition) is 5. The summed E-state index contributed by atoms with van der Waals surface area (Å²) < 4.78 is 10.4. The lowest BCUT2D eigenvalue weighted by Gasteiger charge is -2.07. The van der Waals surface area contributed by atoms with Crippen LogP contribution in [0, 0.1) is 6.92 Å². The first kappa shape index (κ1) is 19.3. The molecule has 0 aliphatic rings. The van der Waals surface area contributed by atoms with Crippen molar-refractivity contribution in [3.05, 3.63) is 48.2 Å². The van der Waals surface area contributed by atoms with Gasteiger partial charge in [0.1, 0.15) is 11.5 Å². The number of guanidine groups is 1. The fourth-order valence-electron chi connectivity index (χ4n) is 2.58. The molecule has 8 nitrogen and oxygen atoms in total. The fourth-order valence-corrected chi connectivity index (χ4v) is 2.81. The van der Waals surface area contributed by atoms with Crippen LogP contribution in [0.5, 0.6) is 11.5 Å². The van der Waals surface area contributed by atoms with E-state index >= 15 is 0 Å². The zero-order chi connectivity index (χ0) is 20.1. The van der Waals surface area contributed by atoms with Crippen molar-refractivity contribution in [2.45, 2.75) is 6.92 Å².